The third-order valence-corrected chi connectivity index (χ3v) is 4.50. The minimum absolute atomic E-state index is 0.105. The van der Waals surface area contributed by atoms with Gasteiger partial charge in [-0.1, -0.05) is 0 Å². The largest absolute Gasteiger partial charge is 0.369 e. The van der Waals surface area contributed by atoms with Gasteiger partial charge < -0.3 is 15.5 Å². The van der Waals surface area contributed by atoms with E-state index in [1.807, 2.05) is 11.9 Å². The third kappa shape index (κ3) is 4.12. The molecule has 2 amide bonds. The number of amides is 2. The van der Waals surface area contributed by atoms with Crippen molar-refractivity contribution in [2.45, 2.75) is 31.6 Å². The average Bonchev–Trinajstić information content (AvgIpc) is 2.60. The van der Waals surface area contributed by atoms with E-state index in [0.29, 0.717) is 26.2 Å². The molecule has 1 aliphatic heterocycles. The smallest absolute Gasteiger partial charge is 0.248 e. The number of alkyl halides is 2. The summed E-state index contributed by atoms with van der Waals surface area (Å²) in [6.45, 7) is 2.01. The Morgan fingerprint density at radius 2 is 1.71 bits per heavy atom. The summed E-state index contributed by atoms with van der Waals surface area (Å²) >= 11 is 0. The van der Waals surface area contributed by atoms with Crippen molar-refractivity contribution in [3.8, 4) is 0 Å². The van der Waals surface area contributed by atoms with Crippen LogP contribution in [-0.2, 0) is 9.59 Å². The van der Waals surface area contributed by atoms with Crippen molar-refractivity contribution in [3.63, 3.8) is 0 Å². The second-order valence-corrected chi connectivity index (χ2v) is 6.28. The van der Waals surface area contributed by atoms with Crippen molar-refractivity contribution in [3.05, 3.63) is 0 Å². The fourth-order valence-corrected chi connectivity index (χ4v) is 3.10. The molecular formula is C14H23F2N3O2. The van der Waals surface area contributed by atoms with Crippen molar-refractivity contribution in [2.75, 3.05) is 33.2 Å². The van der Waals surface area contributed by atoms with E-state index >= 15 is 0 Å². The molecule has 0 radical (unpaired) electrons. The lowest BCUT2D eigenvalue weighted by molar-refractivity contribution is -0.140. The predicted octanol–water partition coefficient (Wildman–Crippen LogP) is 0.687. The van der Waals surface area contributed by atoms with Crippen LogP contribution >= 0.6 is 0 Å². The summed E-state index contributed by atoms with van der Waals surface area (Å²) in [5, 5.41) is 0. The summed E-state index contributed by atoms with van der Waals surface area (Å²) in [7, 11) is 1.88. The lowest BCUT2D eigenvalue weighted by atomic mass is 9.85. The Morgan fingerprint density at radius 1 is 1.10 bits per heavy atom. The molecule has 0 aromatic rings. The third-order valence-electron chi connectivity index (χ3n) is 4.50. The van der Waals surface area contributed by atoms with Crippen molar-refractivity contribution in [1.29, 1.82) is 0 Å². The van der Waals surface area contributed by atoms with E-state index in [0.717, 1.165) is 0 Å². The Balaban J connectivity index is 1.99. The molecule has 1 aliphatic carbocycles. The second-order valence-electron chi connectivity index (χ2n) is 6.28. The first-order valence-electron chi connectivity index (χ1n) is 7.43. The van der Waals surface area contributed by atoms with Crippen LogP contribution in [0.3, 0.4) is 0 Å². The SMILES string of the molecule is CN1CCN(C(=O)C2CCC(F)(F)CC2)C[C@H](C(N)=O)C1. The zero-order valence-electron chi connectivity index (χ0n) is 12.4. The van der Waals surface area contributed by atoms with E-state index in [2.05, 4.69) is 0 Å². The van der Waals surface area contributed by atoms with Crippen molar-refractivity contribution in [1.82, 2.24) is 9.80 Å². The Hall–Kier alpha value is -1.24. The first-order chi connectivity index (χ1) is 9.78. The van der Waals surface area contributed by atoms with E-state index in [9.17, 15) is 18.4 Å². The molecule has 2 N–H and O–H groups in total. The van der Waals surface area contributed by atoms with Crippen LogP contribution in [0.25, 0.3) is 0 Å². The molecule has 1 saturated heterocycles. The number of likely N-dealkylation sites (N-methyl/N-ethyl adjacent to an activating group) is 1. The van der Waals surface area contributed by atoms with Gasteiger partial charge in [0, 0.05) is 44.9 Å². The molecule has 0 aromatic carbocycles. The summed E-state index contributed by atoms with van der Waals surface area (Å²) in [5.41, 5.74) is 5.37. The first kappa shape index (κ1) is 16.1. The Labute approximate surface area is 123 Å². The van der Waals surface area contributed by atoms with Crippen LogP contribution in [0.5, 0.6) is 0 Å². The summed E-state index contributed by atoms with van der Waals surface area (Å²) in [6, 6.07) is 0. The van der Waals surface area contributed by atoms with E-state index in [1.54, 1.807) is 4.90 Å². The van der Waals surface area contributed by atoms with Crippen molar-refractivity contribution >= 4 is 11.8 Å². The van der Waals surface area contributed by atoms with Gasteiger partial charge in [0.15, 0.2) is 0 Å². The lowest BCUT2D eigenvalue weighted by Gasteiger charge is -2.32. The van der Waals surface area contributed by atoms with Gasteiger partial charge in [0.05, 0.1) is 5.92 Å². The van der Waals surface area contributed by atoms with Gasteiger partial charge in [-0.2, -0.15) is 0 Å². The normalized spacial score (nSPS) is 28.1. The van der Waals surface area contributed by atoms with Crippen molar-refractivity contribution < 1.29 is 18.4 Å². The summed E-state index contributed by atoms with van der Waals surface area (Å²) in [4.78, 5) is 27.5. The van der Waals surface area contributed by atoms with E-state index in [-0.39, 0.29) is 37.5 Å². The number of rotatable bonds is 2. The standard InChI is InChI=1S/C14H23F2N3O2/c1-18-6-7-19(9-11(8-18)12(17)20)13(21)10-2-4-14(15,16)5-3-10/h10-11H,2-9H2,1H3,(H2,17,20)/t11-/m1/s1. The number of primary amides is 1. The maximum atomic E-state index is 13.2. The van der Waals surface area contributed by atoms with Crippen LogP contribution in [0.15, 0.2) is 0 Å². The number of nitrogens with zero attached hydrogens (tertiary/aromatic N) is 2. The van der Waals surface area contributed by atoms with Gasteiger partial charge >= 0.3 is 0 Å². The fourth-order valence-electron chi connectivity index (χ4n) is 3.10. The molecule has 1 atom stereocenters. The van der Waals surface area contributed by atoms with Crippen LogP contribution in [0.4, 0.5) is 8.78 Å². The van der Waals surface area contributed by atoms with Gasteiger partial charge in [0.2, 0.25) is 17.7 Å². The minimum Gasteiger partial charge on any atom is -0.369 e. The molecular weight excluding hydrogens is 280 g/mol. The zero-order valence-corrected chi connectivity index (χ0v) is 12.4. The zero-order chi connectivity index (χ0) is 15.6. The topological polar surface area (TPSA) is 66.6 Å². The quantitative estimate of drug-likeness (QED) is 0.816. The number of carbonyl (C=O) groups excluding carboxylic acids is 2. The molecule has 2 aliphatic rings. The van der Waals surface area contributed by atoms with Gasteiger partial charge in [0.1, 0.15) is 0 Å². The molecule has 7 heteroatoms. The molecule has 0 unspecified atom stereocenters. The summed E-state index contributed by atoms with van der Waals surface area (Å²) in [5.74, 6) is -3.90. The molecule has 120 valence electrons. The predicted molar refractivity (Wildman–Crippen MR) is 73.7 cm³/mol. The molecule has 1 heterocycles. The molecule has 2 fully saturated rings. The highest BCUT2D eigenvalue weighted by Gasteiger charge is 2.39. The maximum Gasteiger partial charge on any atom is 0.248 e. The van der Waals surface area contributed by atoms with Crippen LogP contribution in [-0.4, -0.2) is 60.8 Å². The van der Waals surface area contributed by atoms with Gasteiger partial charge in [0.25, 0.3) is 0 Å². The molecule has 2 rings (SSSR count). The second kappa shape index (κ2) is 6.25. The van der Waals surface area contributed by atoms with Crippen molar-refractivity contribution in [2.24, 2.45) is 17.6 Å². The van der Waals surface area contributed by atoms with Gasteiger partial charge in [-0.3, -0.25) is 9.59 Å². The fraction of sp³-hybridized carbons (Fsp3) is 0.857. The molecule has 0 spiro atoms. The lowest BCUT2D eigenvalue weighted by Crippen LogP contribution is -2.44. The Bertz CT molecular complexity index is 407. The van der Waals surface area contributed by atoms with Crippen LogP contribution in [0.1, 0.15) is 25.7 Å². The molecule has 1 saturated carbocycles. The number of hydrogen-bond donors (Lipinski definition) is 1. The average molecular weight is 303 g/mol. The maximum absolute atomic E-state index is 13.2. The van der Waals surface area contributed by atoms with E-state index in [4.69, 9.17) is 5.73 Å². The molecule has 0 aromatic heterocycles. The van der Waals surface area contributed by atoms with Crippen LogP contribution in [0.2, 0.25) is 0 Å². The Kier molecular flexibility index (Phi) is 4.81. The van der Waals surface area contributed by atoms with Gasteiger partial charge in [-0.05, 0) is 19.9 Å². The van der Waals surface area contributed by atoms with Gasteiger partial charge in [-0.25, -0.2) is 8.78 Å². The highest BCUT2D eigenvalue weighted by atomic mass is 19.3. The molecule has 0 bridgehead atoms. The summed E-state index contributed by atoms with van der Waals surface area (Å²) in [6.07, 6.45) is -0.00832. The summed E-state index contributed by atoms with van der Waals surface area (Å²) < 4.78 is 26.3. The number of carbonyl (C=O) groups is 2. The number of halogens is 2. The highest BCUT2D eigenvalue weighted by molar-refractivity contribution is 5.81. The number of hydrogen-bond acceptors (Lipinski definition) is 3. The van der Waals surface area contributed by atoms with Gasteiger partial charge in [-0.15, -0.1) is 0 Å². The van der Waals surface area contributed by atoms with Crippen LogP contribution in [0, 0.1) is 11.8 Å². The van der Waals surface area contributed by atoms with Crippen LogP contribution < -0.4 is 5.73 Å². The minimum atomic E-state index is -2.63. The first-order valence-corrected chi connectivity index (χ1v) is 7.43. The molecule has 5 nitrogen and oxygen atoms in total. The Morgan fingerprint density at radius 3 is 2.29 bits per heavy atom. The van der Waals surface area contributed by atoms with E-state index < -0.39 is 17.7 Å². The van der Waals surface area contributed by atoms with E-state index in [1.165, 1.54) is 0 Å². The highest BCUT2D eigenvalue weighted by Crippen LogP contribution is 2.37. The molecule has 21 heavy (non-hydrogen) atoms. The number of nitrogens with two attached hydrogens (primary N) is 1. The monoisotopic (exact) mass is 303 g/mol.